The van der Waals surface area contributed by atoms with E-state index in [0.29, 0.717) is 6.04 Å². The van der Waals surface area contributed by atoms with Gasteiger partial charge in [0, 0.05) is 23.2 Å². The van der Waals surface area contributed by atoms with E-state index in [9.17, 15) is 0 Å². The molecule has 0 aliphatic heterocycles. The molecule has 3 heteroatoms. The summed E-state index contributed by atoms with van der Waals surface area (Å²) in [5.74, 6) is 0. The molecule has 2 N–H and O–H groups in total. The van der Waals surface area contributed by atoms with Gasteiger partial charge in [-0.05, 0) is 38.3 Å². The highest BCUT2D eigenvalue weighted by atomic mass is 15.3. The normalized spacial score (nSPS) is 18.2. The van der Waals surface area contributed by atoms with Crippen molar-refractivity contribution in [2.24, 2.45) is 5.73 Å². The van der Waals surface area contributed by atoms with Crippen LogP contribution in [0.3, 0.4) is 0 Å². The number of rotatable bonds is 2. The number of hydrogen-bond donors (Lipinski definition) is 1. The third kappa shape index (κ3) is 1.35. The lowest BCUT2D eigenvalue weighted by atomic mass is 10.0. The third-order valence-electron chi connectivity index (χ3n) is 3.42. The summed E-state index contributed by atoms with van der Waals surface area (Å²) < 4.78 is 2.01. The summed E-state index contributed by atoms with van der Waals surface area (Å²) in [6, 6.07) is 6.65. The van der Waals surface area contributed by atoms with Gasteiger partial charge in [-0.1, -0.05) is 12.1 Å². The zero-order chi connectivity index (χ0) is 11.3. The van der Waals surface area contributed by atoms with Crippen LogP contribution in [-0.2, 0) is 5.54 Å². The summed E-state index contributed by atoms with van der Waals surface area (Å²) in [4.78, 5) is 0. The highest BCUT2D eigenvalue weighted by molar-refractivity contribution is 5.83. The van der Waals surface area contributed by atoms with E-state index < -0.39 is 0 Å². The first-order chi connectivity index (χ1) is 7.60. The van der Waals surface area contributed by atoms with Gasteiger partial charge in [0.1, 0.15) is 0 Å². The summed E-state index contributed by atoms with van der Waals surface area (Å²) in [6.45, 7) is 4.28. The maximum atomic E-state index is 6.28. The summed E-state index contributed by atoms with van der Waals surface area (Å²) >= 11 is 0. The Morgan fingerprint density at radius 3 is 2.75 bits per heavy atom. The molecule has 0 radical (unpaired) electrons. The van der Waals surface area contributed by atoms with Gasteiger partial charge in [-0.25, -0.2) is 0 Å². The van der Waals surface area contributed by atoms with Gasteiger partial charge in [-0.15, -0.1) is 0 Å². The molecule has 1 aliphatic rings. The monoisotopic (exact) mass is 215 g/mol. The Morgan fingerprint density at radius 2 is 2.12 bits per heavy atom. The van der Waals surface area contributed by atoms with E-state index >= 15 is 0 Å². The molecule has 84 valence electrons. The van der Waals surface area contributed by atoms with Gasteiger partial charge in [-0.2, -0.15) is 5.10 Å². The molecule has 0 spiro atoms. The van der Waals surface area contributed by atoms with Crippen molar-refractivity contribution in [1.82, 2.24) is 9.78 Å². The topological polar surface area (TPSA) is 43.8 Å². The van der Waals surface area contributed by atoms with Crippen molar-refractivity contribution in [3.05, 3.63) is 30.0 Å². The average Bonchev–Trinajstić information content (AvgIpc) is 2.84. The summed E-state index contributed by atoms with van der Waals surface area (Å²) in [5, 5.41) is 5.79. The Hall–Kier alpha value is -1.35. The first-order valence-corrected chi connectivity index (χ1v) is 5.87. The Balaban J connectivity index is 2.22. The van der Waals surface area contributed by atoms with Gasteiger partial charge in [0.15, 0.2) is 0 Å². The highest BCUT2D eigenvalue weighted by Crippen LogP contribution is 2.45. The van der Waals surface area contributed by atoms with Crippen LogP contribution in [0.5, 0.6) is 0 Å². The standard InChI is InChI=1S/C13H17N3/c1-9(2)16-8-10-11(13(14)6-7-13)4-3-5-12(10)15-16/h3-5,8-9H,6-7,14H2,1-2H3. The van der Waals surface area contributed by atoms with E-state index in [-0.39, 0.29) is 5.54 Å². The predicted octanol–water partition coefficient (Wildman–Crippen LogP) is 2.57. The third-order valence-corrected chi connectivity index (χ3v) is 3.42. The zero-order valence-electron chi connectivity index (χ0n) is 9.77. The van der Waals surface area contributed by atoms with Crippen molar-refractivity contribution >= 4 is 10.9 Å². The van der Waals surface area contributed by atoms with Crippen molar-refractivity contribution in [3.8, 4) is 0 Å². The van der Waals surface area contributed by atoms with Crippen LogP contribution in [0, 0.1) is 0 Å². The van der Waals surface area contributed by atoms with Crippen molar-refractivity contribution in [2.45, 2.75) is 38.3 Å². The molecule has 1 aromatic heterocycles. The van der Waals surface area contributed by atoms with E-state index in [2.05, 4.69) is 43.3 Å². The first kappa shape index (κ1) is 9.85. The van der Waals surface area contributed by atoms with Gasteiger partial charge in [0.2, 0.25) is 0 Å². The minimum atomic E-state index is -0.0790. The summed E-state index contributed by atoms with van der Waals surface area (Å²) in [7, 11) is 0. The van der Waals surface area contributed by atoms with E-state index in [1.54, 1.807) is 0 Å². The highest BCUT2D eigenvalue weighted by Gasteiger charge is 2.41. The fraction of sp³-hybridized carbons (Fsp3) is 0.462. The molecular weight excluding hydrogens is 198 g/mol. The Morgan fingerprint density at radius 1 is 1.38 bits per heavy atom. The largest absolute Gasteiger partial charge is 0.321 e. The van der Waals surface area contributed by atoms with Crippen LogP contribution in [0.15, 0.2) is 24.4 Å². The lowest BCUT2D eigenvalue weighted by molar-refractivity contribution is 0.537. The second-order valence-electron chi connectivity index (χ2n) is 5.10. The van der Waals surface area contributed by atoms with Crippen LogP contribution in [-0.4, -0.2) is 9.78 Å². The van der Waals surface area contributed by atoms with E-state index in [1.165, 1.54) is 10.9 Å². The number of hydrogen-bond acceptors (Lipinski definition) is 2. The molecule has 3 nitrogen and oxygen atoms in total. The van der Waals surface area contributed by atoms with E-state index in [1.807, 2.05) is 4.68 Å². The van der Waals surface area contributed by atoms with E-state index in [4.69, 9.17) is 5.73 Å². The van der Waals surface area contributed by atoms with Crippen LogP contribution >= 0.6 is 0 Å². The molecule has 3 rings (SSSR count). The Bertz CT molecular complexity index is 535. The molecule has 1 heterocycles. The molecule has 0 unspecified atom stereocenters. The quantitative estimate of drug-likeness (QED) is 0.836. The molecular formula is C13H17N3. The molecule has 0 bridgehead atoms. The van der Waals surface area contributed by atoms with Crippen molar-refractivity contribution < 1.29 is 0 Å². The first-order valence-electron chi connectivity index (χ1n) is 5.87. The molecule has 0 saturated heterocycles. The maximum Gasteiger partial charge on any atom is 0.0926 e. The van der Waals surface area contributed by atoms with Crippen LogP contribution in [0.25, 0.3) is 10.9 Å². The summed E-state index contributed by atoms with van der Waals surface area (Å²) in [6.07, 6.45) is 4.32. The predicted molar refractivity (Wildman–Crippen MR) is 65.2 cm³/mol. The van der Waals surface area contributed by atoms with Crippen LogP contribution in [0.2, 0.25) is 0 Å². The van der Waals surface area contributed by atoms with Crippen LogP contribution < -0.4 is 5.73 Å². The average molecular weight is 215 g/mol. The zero-order valence-corrected chi connectivity index (χ0v) is 9.77. The van der Waals surface area contributed by atoms with Gasteiger partial charge >= 0.3 is 0 Å². The maximum absolute atomic E-state index is 6.28. The molecule has 16 heavy (non-hydrogen) atoms. The molecule has 0 atom stereocenters. The molecule has 1 aliphatic carbocycles. The van der Waals surface area contributed by atoms with Crippen LogP contribution in [0.1, 0.15) is 38.3 Å². The molecule has 0 amide bonds. The SMILES string of the molecule is CC(C)n1cc2c(C3(N)CC3)cccc2n1. The van der Waals surface area contributed by atoms with Gasteiger partial charge < -0.3 is 5.73 Å². The molecule has 1 saturated carbocycles. The number of aromatic nitrogens is 2. The Labute approximate surface area is 95.2 Å². The van der Waals surface area contributed by atoms with E-state index in [0.717, 1.165) is 18.4 Å². The Kier molecular flexibility index (Phi) is 1.89. The number of nitrogens with zero attached hydrogens (tertiary/aromatic N) is 2. The lowest BCUT2D eigenvalue weighted by Crippen LogP contribution is -2.18. The van der Waals surface area contributed by atoms with Gasteiger partial charge in [-0.3, -0.25) is 4.68 Å². The lowest BCUT2D eigenvalue weighted by Gasteiger charge is -2.09. The fourth-order valence-corrected chi connectivity index (χ4v) is 2.16. The smallest absolute Gasteiger partial charge is 0.0926 e. The number of fused-ring (bicyclic) bond motifs is 1. The minimum absolute atomic E-state index is 0.0790. The van der Waals surface area contributed by atoms with Gasteiger partial charge in [0.05, 0.1) is 5.52 Å². The van der Waals surface area contributed by atoms with Crippen molar-refractivity contribution in [3.63, 3.8) is 0 Å². The number of nitrogens with two attached hydrogens (primary N) is 1. The second-order valence-corrected chi connectivity index (χ2v) is 5.10. The van der Waals surface area contributed by atoms with Gasteiger partial charge in [0.25, 0.3) is 0 Å². The van der Waals surface area contributed by atoms with Crippen molar-refractivity contribution in [2.75, 3.05) is 0 Å². The fourth-order valence-electron chi connectivity index (χ4n) is 2.16. The summed E-state index contributed by atoms with van der Waals surface area (Å²) in [5.41, 5.74) is 8.52. The number of benzene rings is 1. The van der Waals surface area contributed by atoms with Crippen molar-refractivity contribution in [1.29, 1.82) is 0 Å². The molecule has 1 aromatic carbocycles. The van der Waals surface area contributed by atoms with Crippen LogP contribution in [0.4, 0.5) is 0 Å². The molecule has 1 fully saturated rings. The minimum Gasteiger partial charge on any atom is -0.321 e. The second kappa shape index (κ2) is 3.08. The molecule has 2 aromatic rings.